The number of nitrogens with zero attached hydrogens (tertiary/aromatic N) is 2. The van der Waals surface area contributed by atoms with Crippen LogP contribution in [0.5, 0.6) is 0 Å². The van der Waals surface area contributed by atoms with E-state index in [4.69, 9.17) is 4.98 Å². The van der Waals surface area contributed by atoms with Crippen LogP contribution in [0.1, 0.15) is 30.5 Å². The quantitative estimate of drug-likeness (QED) is 0.348. The molecule has 0 radical (unpaired) electrons. The highest BCUT2D eigenvalue weighted by Crippen LogP contribution is 2.40. The Morgan fingerprint density at radius 1 is 1.14 bits per heavy atom. The number of thioether (sulfide) groups is 1. The van der Waals surface area contributed by atoms with Gasteiger partial charge in [-0.25, -0.2) is 4.98 Å². The van der Waals surface area contributed by atoms with Gasteiger partial charge in [0.1, 0.15) is 0 Å². The fourth-order valence-electron chi connectivity index (χ4n) is 3.96. The van der Waals surface area contributed by atoms with Crippen LogP contribution in [0.15, 0.2) is 77.2 Å². The molecule has 1 aliphatic carbocycles. The average Bonchev–Trinajstić information content (AvgIpc) is 2.68. The van der Waals surface area contributed by atoms with Crippen LogP contribution in [0.2, 0.25) is 0 Å². The van der Waals surface area contributed by atoms with Crippen LogP contribution < -0.4 is 5.56 Å². The molecule has 3 aromatic rings. The average molecular weight is 389 g/mol. The highest BCUT2D eigenvalue weighted by molar-refractivity contribution is 7.99. The first-order valence-corrected chi connectivity index (χ1v) is 10.5. The zero-order valence-electron chi connectivity index (χ0n) is 16.3. The van der Waals surface area contributed by atoms with E-state index >= 15 is 0 Å². The van der Waals surface area contributed by atoms with Crippen molar-refractivity contribution in [2.24, 2.45) is 0 Å². The summed E-state index contributed by atoms with van der Waals surface area (Å²) in [5.41, 5.74) is 4.92. The highest BCUT2D eigenvalue weighted by Gasteiger charge is 2.36. The molecule has 1 aromatic heterocycles. The normalized spacial score (nSPS) is 14.2. The molecule has 0 amide bonds. The van der Waals surface area contributed by atoms with Crippen molar-refractivity contribution in [1.29, 1.82) is 0 Å². The molecule has 0 unspecified atom stereocenters. The standard InChI is InChI=1S/C24H24N2OS/c1-4-14-28-23-25-21-19-13-9-8-12-18(19)15-24(2,3)20(21)22(27)26(23)16-17-10-6-5-7-11-17/h4-13H,1,14-16H2,2-3H3. The fourth-order valence-corrected chi connectivity index (χ4v) is 4.69. The van der Waals surface area contributed by atoms with Crippen molar-refractivity contribution in [2.75, 3.05) is 5.75 Å². The molecule has 142 valence electrons. The first kappa shape index (κ1) is 18.8. The maximum Gasteiger partial charge on any atom is 0.258 e. The molecule has 1 heterocycles. The van der Waals surface area contributed by atoms with Gasteiger partial charge in [0.25, 0.3) is 5.56 Å². The van der Waals surface area contributed by atoms with Crippen molar-refractivity contribution in [3.05, 3.63) is 94.3 Å². The molecular weight excluding hydrogens is 364 g/mol. The number of aromatic nitrogens is 2. The van der Waals surface area contributed by atoms with Crippen molar-refractivity contribution in [2.45, 2.75) is 37.4 Å². The third kappa shape index (κ3) is 3.33. The van der Waals surface area contributed by atoms with E-state index in [-0.39, 0.29) is 11.0 Å². The Morgan fingerprint density at radius 3 is 2.61 bits per heavy atom. The van der Waals surface area contributed by atoms with Crippen LogP contribution >= 0.6 is 11.8 Å². The Bertz CT molecular complexity index is 1080. The molecule has 1 aliphatic rings. The van der Waals surface area contributed by atoms with Gasteiger partial charge in [-0.15, -0.1) is 6.58 Å². The number of hydrogen-bond acceptors (Lipinski definition) is 3. The minimum absolute atomic E-state index is 0.0694. The van der Waals surface area contributed by atoms with Crippen molar-refractivity contribution in [3.63, 3.8) is 0 Å². The second-order valence-corrected chi connectivity index (χ2v) is 8.80. The molecule has 2 aromatic carbocycles. The van der Waals surface area contributed by atoms with Crippen LogP contribution in [0.4, 0.5) is 0 Å². The van der Waals surface area contributed by atoms with E-state index in [2.05, 4.69) is 38.6 Å². The van der Waals surface area contributed by atoms with Gasteiger partial charge in [0.15, 0.2) is 5.16 Å². The minimum atomic E-state index is -0.256. The summed E-state index contributed by atoms with van der Waals surface area (Å²) in [5, 5.41) is 0.750. The molecule has 0 saturated heterocycles. The van der Waals surface area contributed by atoms with Gasteiger partial charge in [-0.1, -0.05) is 86.3 Å². The second kappa shape index (κ2) is 7.44. The number of rotatable bonds is 5. The third-order valence-corrected chi connectivity index (χ3v) is 6.20. The van der Waals surface area contributed by atoms with Crippen molar-refractivity contribution >= 4 is 11.8 Å². The smallest absolute Gasteiger partial charge is 0.258 e. The molecule has 0 fully saturated rings. The van der Waals surface area contributed by atoms with E-state index in [1.807, 2.05) is 47.0 Å². The first-order valence-electron chi connectivity index (χ1n) is 9.52. The Balaban J connectivity index is 1.95. The van der Waals surface area contributed by atoms with E-state index in [1.54, 1.807) is 11.8 Å². The predicted molar refractivity (Wildman–Crippen MR) is 117 cm³/mol. The maximum atomic E-state index is 13.7. The van der Waals surface area contributed by atoms with Crippen molar-refractivity contribution in [3.8, 4) is 11.3 Å². The molecular formula is C24H24N2OS. The van der Waals surface area contributed by atoms with Gasteiger partial charge in [-0.3, -0.25) is 9.36 Å². The largest absolute Gasteiger partial charge is 0.283 e. The number of benzene rings is 2. The Hall–Kier alpha value is -2.59. The van der Waals surface area contributed by atoms with Gasteiger partial charge < -0.3 is 0 Å². The molecule has 0 N–H and O–H groups in total. The van der Waals surface area contributed by atoms with Gasteiger partial charge in [-0.2, -0.15) is 0 Å². The van der Waals surface area contributed by atoms with Crippen LogP contribution in [0.3, 0.4) is 0 Å². The molecule has 0 saturated carbocycles. The molecule has 3 nitrogen and oxygen atoms in total. The third-order valence-electron chi connectivity index (χ3n) is 5.23. The molecule has 0 spiro atoms. The first-order chi connectivity index (χ1) is 13.5. The van der Waals surface area contributed by atoms with Crippen molar-refractivity contribution in [1.82, 2.24) is 9.55 Å². The van der Waals surface area contributed by atoms with Gasteiger partial charge in [0.05, 0.1) is 12.2 Å². The van der Waals surface area contributed by atoms with Gasteiger partial charge in [-0.05, 0) is 17.5 Å². The molecule has 4 heteroatoms. The van der Waals surface area contributed by atoms with Crippen molar-refractivity contribution < 1.29 is 0 Å². The van der Waals surface area contributed by atoms with Gasteiger partial charge in [0, 0.05) is 22.3 Å². The molecule has 4 rings (SSSR count). The lowest BCUT2D eigenvalue weighted by Gasteiger charge is -2.33. The predicted octanol–water partition coefficient (Wildman–Crippen LogP) is 5.07. The summed E-state index contributed by atoms with van der Waals surface area (Å²) in [6.07, 6.45) is 2.69. The van der Waals surface area contributed by atoms with Gasteiger partial charge in [0.2, 0.25) is 0 Å². The summed E-state index contributed by atoms with van der Waals surface area (Å²) in [5.74, 6) is 0.713. The monoisotopic (exact) mass is 388 g/mol. The van der Waals surface area contributed by atoms with E-state index in [1.165, 1.54) is 5.56 Å². The highest BCUT2D eigenvalue weighted by atomic mass is 32.2. The fraction of sp³-hybridized carbons (Fsp3) is 0.250. The van der Waals surface area contributed by atoms with E-state index < -0.39 is 0 Å². The lowest BCUT2D eigenvalue weighted by molar-refractivity contribution is 0.489. The molecule has 0 aliphatic heterocycles. The number of fused-ring (bicyclic) bond motifs is 3. The lowest BCUT2D eigenvalue weighted by Crippen LogP contribution is -2.38. The summed E-state index contributed by atoms with van der Waals surface area (Å²) in [4.78, 5) is 18.7. The number of hydrogen-bond donors (Lipinski definition) is 0. The van der Waals surface area contributed by atoms with Crippen LogP contribution in [-0.4, -0.2) is 15.3 Å². The Kier molecular flexibility index (Phi) is 4.98. The summed E-state index contributed by atoms with van der Waals surface area (Å²) in [6.45, 7) is 8.64. The van der Waals surface area contributed by atoms with Gasteiger partial charge >= 0.3 is 0 Å². The molecule has 0 atom stereocenters. The zero-order chi connectivity index (χ0) is 19.7. The summed E-state index contributed by atoms with van der Waals surface area (Å²) in [7, 11) is 0. The van der Waals surface area contributed by atoms with E-state index in [0.717, 1.165) is 34.0 Å². The van der Waals surface area contributed by atoms with Crippen LogP contribution in [0.25, 0.3) is 11.3 Å². The SMILES string of the molecule is C=CCSc1nc2c(c(=O)n1Cc1ccccc1)C(C)(C)Cc1ccccc1-2. The van der Waals surface area contributed by atoms with Crippen LogP contribution in [0, 0.1) is 0 Å². The topological polar surface area (TPSA) is 34.9 Å². The Labute approximate surface area is 170 Å². The second-order valence-electron chi connectivity index (χ2n) is 7.81. The summed E-state index contributed by atoms with van der Waals surface area (Å²) in [6, 6.07) is 18.4. The molecule has 28 heavy (non-hydrogen) atoms. The van der Waals surface area contributed by atoms with E-state index in [0.29, 0.717) is 12.3 Å². The van der Waals surface area contributed by atoms with Crippen LogP contribution in [-0.2, 0) is 18.4 Å². The summed E-state index contributed by atoms with van der Waals surface area (Å²) < 4.78 is 1.83. The molecule has 0 bridgehead atoms. The lowest BCUT2D eigenvalue weighted by atomic mass is 9.72. The Morgan fingerprint density at radius 2 is 1.86 bits per heavy atom. The maximum absolute atomic E-state index is 13.7. The minimum Gasteiger partial charge on any atom is -0.283 e. The summed E-state index contributed by atoms with van der Waals surface area (Å²) >= 11 is 1.56. The zero-order valence-corrected chi connectivity index (χ0v) is 17.1. The van der Waals surface area contributed by atoms with E-state index in [9.17, 15) is 4.79 Å².